The Morgan fingerprint density at radius 1 is 1.12 bits per heavy atom. The van der Waals surface area contributed by atoms with Gasteiger partial charge in [0.25, 0.3) is 0 Å². The molecule has 4 aromatic rings. The third-order valence-electron chi connectivity index (χ3n) is 4.87. The van der Waals surface area contributed by atoms with Crippen LogP contribution in [0.2, 0.25) is 0 Å². The largest absolute Gasteiger partial charge is 0.382 e. The Kier molecular flexibility index (Phi) is 4.23. The molecule has 2 aromatic carbocycles. The Morgan fingerprint density at radius 3 is 2.58 bits per heavy atom. The minimum absolute atomic E-state index is 0.0275. The molecule has 4 rings (SSSR count). The fourth-order valence-corrected chi connectivity index (χ4v) is 3.87. The first-order valence-electron chi connectivity index (χ1n) is 13.3. The van der Waals surface area contributed by atoms with Gasteiger partial charge >= 0.3 is 0 Å². The van der Waals surface area contributed by atoms with Crippen LogP contribution in [0.4, 0.5) is 5.82 Å². The number of rotatable bonds is 7. The monoisotopic (exact) mass is 470 g/mol. The first kappa shape index (κ1) is 15.3. The lowest BCUT2D eigenvalue weighted by atomic mass is 10.1. The van der Waals surface area contributed by atoms with E-state index in [1.54, 1.807) is 6.07 Å². The molecule has 0 aliphatic carbocycles. The Labute approximate surface area is 202 Å². The van der Waals surface area contributed by atoms with Gasteiger partial charge in [0.15, 0.2) is 27.1 Å². The molecule has 8 nitrogen and oxygen atoms in total. The lowest BCUT2D eigenvalue weighted by molar-refractivity contribution is 0.434. The molecule has 0 saturated heterocycles. The van der Waals surface area contributed by atoms with E-state index in [0.29, 0.717) is 12.2 Å². The summed E-state index contributed by atoms with van der Waals surface area (Å²) in [6, 6.07) is 12.1. The molecule has 0 spiro atoms. The predicted molar refractivity (Wildman–Crippen MR) is 128 cm³/mol. The van der Waals surface area contributed by atoms with E-state index in [1.165, 1.54) is 12.3 Å². The zero-order chi connectivity index (χ0) is 29.5. The van der Waals surface area contributed by atoms with Crippen LogP contribution in [0.1, 0.15) is 28.9 Å². The maximum absolute atomic E-state index is 13.0. The number of nitrogens with zero attached hydrogens (tertiary/aromatic N) is 3. The second kappa shape index (κ2) is 9.13. The Balaban J connectivity index is 1.68. The number of nitrogen functional groups attached to an aromatic ring is 1. The van der Waals surface area contributed by atoms with E-state index in [-0.39, 0.29) is 34.6 Å². The highest BCUT2D eigenvalue weighted by atomic mass is 32.2. The normalized spacial score (nSPS) is 15.6. The van der Waals surface area contributed by atoms with Crippen LogP contribution >= 0.6 is 0 Å². The van der Waals surface area contributed by atoms with E-state index in [9.17, 15) is 8.42 Å². The molecule has 2 heterocycles. The fourth-order valence-electron chi connectivity index (χ4n) is 3.11. The molecule has 0 aliphatic rings. The number of aromatic nitrogens is 3. The standard InChI is InChI=1S/C24H25N5O3S/c1-15(2)33(30,31)19-10-8-18(9-11-19)21-14-27-24(25)23(28-21)22-12-20(29-32-22)17-6-4-16(5-7-17)13-26-3/h4-12,14-15,26H,13H2,1-3H3,(H2,25,27)/i1D3,2D3,8D. The summed E-state index contributed by atoms with van der Waals surface area (Å²) in [4.78, 5) is 7.96. The number of anilines is 1. The number of hydrogen-bond acceptors (Lipinski definition) is 8. The average molecular weight is 471 g/mol. The molecule has 0 unspecified atom stereocenters. The molecular weight excluding hydrogens is 438 g/mol. The van der Waals surface area contributed by atoms with Crippen molar-refractivity contribution < 1.29 is 22.5 Å². The summed E-state index contributed by atoms with van der Waals surface area (Å²) in [5.41, 5.74) is 8.90. The highest BCUT2D eigenvalue weighted by molar-refractivity contribution is 7.92. The molecule has 0 aliphatic heterocycles. The summed E-state index contributed by atoms with van der Waals surface area (Å²) in [5, 5.41) is 4.51. The van der Waals surface area contributed by atoms with Crippen molar-refractivity contribution in [3.05, 3.63) is 66.3 Å². The van der Waals surface area contributed by atoms with Gasteiger partial charge in [0, 0.05) is 32.0 Å². The number of benzene rings is 2. The molecule has 170 valence electrons. The van der Waals surface area contributed by atoms with Gasteiger partial charge in [0.05, 0.1) is 23.4 Å². The lowest BCUT2D eigenvalue weighted by Crippen LogP contribution is -2.13. The van der Waals surface area contributed by atoms with Crippen molar-refractivity contribution in [3.63, 3.8) is 0 Å². The molecule has 0 saturated carbocycles. The molecule has 0 radical (unpaired) electrons. The second-order valence-electron chi connectivity index (χ2n) is 7.16. The smallest absolute Gasteiger partial charge is 0.189 e. The molecule has 9 heteroatoms. The first-order chi connectivity index (χ1) is 18.6. The zero-order valence-electron chi connectivity index (χ0n) is 24.5. The van der Waals surface area contributed by atoms with Crippen molar-refractivity contribution in [2.24, 2.45) is 0 Å². The summed E-state index contributed by atoms with van der Waals surface area (Å²) < 4.78 is 84.8. The average Bonchev–Trinajstić information content (AvgIpc) is 3.33. The summed E-state index contributed by atoms with van der Waals surface area (Å²) in [7, 11) is -3.00. The molecular formula is C24H25N5O3S. The minimum Gasteiger partial charge on any atom is -0.382 e. The number of nitrogens with one attached hydrogen (secondary N) is 1. The fraction of sp³-hybridized carbons (Fsp3) is 0.208. The summed E-state index contributed by atoms with van der Waals surface area (Å²) >= 11 is 0. The van der Waals surface area contributed by atoms with Crippen LogP contribution in [0.3, 0.4) is 0 Å². The first-order valence-corrected chi connectivity index (χ1v) is 11.4. The number of sulfone groups is 1. The third kappa shape index (κ3) is 4.64. The third-order valence-corrected chi connectivity index (χ3v) is 6.41. The van der Waals surface area contributed by atoms with E-state index in [0.717, 1.165) is 23.3 Å². The van der Waals surface area contributed by atoms with Crippen molar-refractivity contribution >= 4 is 15.7 Å². The number of hydrogen-bond donors (Lipinski definition) is 2. The van der Waals surface area contributed by atoms with Crippen molar-refractivity contribution in [2.45, 2.75) is 30.4 Å². The van der Waals surface area contributed by atoms with E-state index in [2.05, 4.69) is 20.4 Å². The molecule has 0 fully saturated rings. The van der Waals surface area contributed by atoms with Crippen LogP contribution in [0.25, 0.3) is 34.0 Å². The van der Waals surface area contributed by atoms with Gasteiger partial charge in [-0.3, -0.25) is 0 Å². The van der Waals surface area contributed by atoms with Gasteiger partial charge in [-0.05, 0) is 38.4 Å². The zero-order valence-corrected chi connectivity index (χ0v) is 18.3. The maximum atomic E-state index is 13.0. The van der Waals surface area contributed by atoms with E-state index in [4.69, 9.17) is 19.9 Å². The van der Waals surface area contributed by atoms with Crippen molar-refractivity contribution in [1.82, 2.24) is 20.4 Å². The van der Waals surface area contributed by atoms with Crippen LogP contribution in [-0.2, 0) is 16.4 Å². The van der Waals surface area contributed by atoms with Gasteiger partial charge in [0.2, 0.25) is 0 Å². The predicted octanol–water partition coefficient (Wildman–Crippen LogP) is 3.95. The topological polar surface area (TPSA) is 124 Å². The molecule has 2 aromatic heterocycles. The van der Waals surface area contributed by atoms with Crippen molar-refractivity contribution in [1.29, 1.82) is 0 Å². The van der Waals surface area contributed by atoms with Crippen LogP contribution in [0, 0.1) is 0 Å². The van der Waals surface area contributed by atoms with Gasteiger partial charge in [0.1, 0.15) is 5.69 Å². The minimum atomic E-state index is -4.85. The summed E-state index contributed by atoms with van der Waals surface area (Å²) in [5.74, 6) is 0.241. The molecule has 0 bridgehead atoms. The quantitative estimate of drug-likeness (QED) is 0.416. The Hall–Kier alpha value is -3.56. The van der Waals surface area contributed by atoms with Gasteiger partial charge in [-0.1, -0.05) is 41.5 Å². The van der Waals surface area contributed by atoms with Gasteiger partial charge in [-0.15, -0.1) is 0 Å². The van der Waals surface area contributed by atoms with E-state index < -0.39 is 33.7 Å². The Bertz CT molecular complexity index is 1620. The highest BCUT2D eigenvalue weighted by Crippen LogP contribution is 2.30. The van der Waals surface area contributed by atoms with Gasteiger partial charge < -0.3 is 15.6 Å². The van der Waals surface area contributed by atoms with Gasteiger partial charge in [-0.25, -0.2) is 18.4 Å². The van der Waals surface area contributed by atoms with Crippen molar-refractivity contribution in [3.8, 4) is 34.0 Å². The van der Waals surface area contributed by atoms with E-state index >= 15 is 0 Å². The molecule has 33 heavy (non-hydrogen) atoms. The van der Waals surface area contributed by atoms with E-state index in [1.807, 2.05) is 31.3 Å². The summed E-state index contributed by atoms with van der Waals surface area (Å²) in [6.07, 6.45) is 1.28. The second-order valence-corrected chi connectivity index (χ2v) is 9.19. The summed E-state index contributed by atoms with van der Waals surface area (Å²) in [6.45, 7) is -5.91. The lowest BCUT2D eigenvalue weighted by Gasteiger charge is -2.09. The van der Waals surface area contributed by atoms with Crippen LogP contribution in [0.5, 0.6) is 0 Å². The maximum Gasteiger partial charge on any atom is 0.189 e. The molecule has 0 atom stereocenters. The molecule has 0 amide bonds. The van der Waals surface area contributed by atoms with Crippen LogP contribution in [0.15, 0.2) is 70.2 Å². The van der Waals surface area contributed by atoms with Crippen LogP contribution in [-0.4, -0.2) is 35.8 Å². The van der Waals surface area contributed by atoms with Gasteiger partial charge in [-0.2, -0.15) is 0 Å². The molecule has 3 N–H and O–H groups in total. The van der Waals surface area contributed by atoms with Crippen molar-refractivity contribution in [2.75, 3.05) is 12.8 Å². The SMILES string of the molecule is [2H]c1cc(S(=O)(=O)C(C([2H])([2H])[2H])C([2H])([2H])[2H])ccc1-c1cnc(N)c(-c2cc(-c3ccc(CNC)cc3)no2)n1. The highest BCUT2D eigenvalue weighted by Gasteiger charge is 2.20. The Morgan fingerprint density at radius 2 is 1.88 bits per heavy atom. The number of nitrogens with two attached hydrogens (primary N) is 1. The van der Waals surface area contributed by atoms with Crippen LogP contribution < -0.4 is 11.1 Å².